The first-order valence-corrected chi connectivity index (χ1v) is 6.20. The Morgan fingerprint density at radius 1 is 1.24 bits per heavy atom. The van der Waals surface area contributed by atoms with E-state index in [0.29, 0.717) is 0 Å². The summed E-state index contributed by atoms with van der Waals surface area (Å²) in [5.41, 5.74) is 4.28. The van der Waals surface area contributed by atoms with Crippen LogP contribution in [0.5, 0.6) is 5.75 Å². The molecule has 0 bridgehead atoms. The van der Waals surface area contributed by atoms with E-state index >= 15 is 0 Å². The van der Waals surface area contributed by atoms with Gasteiger partial charge in [0.05, 0.1) is 7.11 Å². The summed E-state index contributed by atoms with van der Waals surface area (Å²) in [6.07, 6.45) is 0. The van der Waals surface area contributed by atoms with E-state index in [0.717, 1.165) is 33.0 Å². The quantitative estimate of drug-likeness (QED) is 0.915. The Hall–Kier alpha value is -1.29. The molecule has 1 aromatic carbocycles. The molecule has 3 nitrogen and oxygen atoms in total. The highest BCUT2D eigenvalue weighted by Gasteiger charge is 2.16. The molecule has 90 valence electrons. The van der Waals surface area contributed by atoms with Crippen molar-refractivity contribution >= 4 is 15.9 Å². The number of ether oxygens (including phenoxy) is 1. The maximum absolute atomic E-state index is 5.45. The van der Waals surface area contributed by atoms with E-state index in [1.807, 2.05) is 13.0 Å². The van der Waals surface area contributed by atoms with E-state index in [9.17, 15) is 0 Å². The third-order valence-corrected chi connectivity index (χ3v) is 3.25. The van der Waals surface area contributed by atoms with Gasteiger partial charge in [-0.3, -0.25) is 0 Å². The van der Waals surface area contributed by atoms with Crippen molar-refractivity contribution in [2.75, 3.05) is 7.11 Å². The van der Waals surface area contributed by atoms with Gasteiger partial charge in [0.2, 0.25) is 0 Å². The largest absolute Gasteiger partial charge is 0.496 e. The van der Waals surface area contributed by atoms with Crippen molar-refractivity contribution in [1.29, 1.82) is 0 Å². The summed E-state index contributed by atoms with van der Waals surface area (Å²) in [5, 5.41) is 0. The minimum Gasteiger partial charge on any atom is -0.496 e. The molecule has 2 aromatic rings. The summed E-state index contributed by atoms with van der Waals surface area (Å²) >= 11 is 3.50. The molecule has 0 amide bonds. The molecule has 0 unspecified atom stereocenters. The van der Waals surface area contributed by atoms with Gasteiger partial charge < -0.3 is 9.72 Å². The molecule has 0 radical (unpaired) electrons. The molecule has 0 aliphatic rings. The average molecular weight is 295 g/mol. The molecule has 0 saturated heterocycles. The highest BCUT2D eigenvalue weighted by atomic mass is 79.9. The molecule has 1 heterocycles. The monoisotopic (exact) mass is 294 g/mol. The van der Waals surface area contributed by atoms with Crippen LogP contribution in [-0.2, 0) is 0 Å². The maximum Gasteiger partial charge on any atom is 0.128 e. The van der Waals surface area contributed by atoms with Crippen molar-refractivity contribution < 1.29 is 4.74 Å². The fourth-order valence-corrected chi connectivity index (χ4v) is 2.60. The molecular weight excluding hydrogens is 280 g/mol. The zero-order valence-electron chi connectivity index (χ0n) is 10.4. The third kappa shape index (κ3) is 2.22. The van der Waals surface area contributed by atoms with E-state index < -0.39 is 0 Å². The van der Waals surface area contributed by atoms with Gasteiger partial charge in [-0.05, 0) is 53.9 Å². The topological polar surface area (TPSA) is 37.9 Å². The first-order chi connectivity index (χ1) is 8.02. The fraction of sp³-hybridized carbons (Fsp3) is 0.308. The zero-order valence-corrected chi connectivity index (χ0v) is 12.0. The van der Waals surface area contributed by atoms with Crippen molar-refractivity contribution in [3.63, 3.8) is 0 Å². The number of nitrogens with zero attached hydrogens (tertiary/aromatic N) is 1. The highest BCUT2D eigenvalue weighted by molar-refractivity contribution is 9.10. The number of benzene rings is 1. The fourth-order valence-electron chi connectivity index (χ4n) is 2.02. The zero-order chi connectivity index (χ0) is 12.6. The summed E-state index contributed by atoms with van der Waals surface area (Å²) in [7, 11) is 1.69. The first kappa shape index (κ1) is 12.2. The van der Waals surface area contributed by atoms with Crippen LogP contribution in [0.2, 0.25) is 0 Å². The van der Waals surface area contributed by atoms with Gasteiger partial charge >= 0.3 is 0 Å². The molecule has 0 fully saturated rings. The lowest BCUT2D eigenvalue weighted by molar-refractivity contribution is 0.415. The van der Waals surface area contributed by atoms with Crippen LogP contribution in [0.4, 0.5) is 0 Å². The molecule has 4 heteroatoms. The SMILES string of the molecule is COc1cc(C)cc(C)c1-c1nc(C)[nH]c1Br. The van der Waals surface area contributed by atoms with Crippen LogP contribution in [0, 0.1) is 20.8 Å². The van der Waals surface area contributed by atoms with E-state index in [4.69, 9.17) is 4.74 Å². The second kappa shape index (κ2) is 4.53. The lowest BCUT2D eigenvalue weighted by atomic mass is 10.0. The molecule has 0 aliphatic heterocycles. The van der Waals surface area contributed by atoms with E-state index in [2.05, 4.69) is 45.8 Å². The predicted molar refractivity (Wildman–Crippen MR) is 72.5 cm³/mol. The van der Waals surface area contributed by atoms with Crippen molar-refractivity contribution in [1.82, 2.24) is 9.97 Å². The lowest BCUT2D eigenvalue weighted by Crippen LogP contribution is -1.93. The molecule has 0 atom stereocenters. The minimum atomic E-state index is 0.856. The Morgan fingerprint density at radius 3 is 2.47 bits per heavy atom. The van der Waals surface area contributed by atoms with Crippen LogP contribution in [0.15, 0.2) is 16.7 Å². The Bertz CT molecular complexity index is 561. The van der Waals surface area contributed by atoms with E-state index in [1.165, 1.54) is 5.56 Å². The van der Waals surface area contributed by atoms with Gasteiger partial charge in [-0.1, -0.05) is 6.07 Å². The van der Waals surface area contributed by atoms with Crippen LogP contribution < -0.4 is 4.74 Å². The molecule has 17 heavy (non-hydrogen) atoms. The molecule has 1 aromatic heterocycles. The number of H-pyrrole nitrogens is 1. The molecular formula is C13H15BrN2O. The number of aryl methyl sites for hydroxylation is 3. The first-order valence-electron chi connectivity index (χ1n) is 5.40. The number of aromatic amines is 1. The average Bonchev–Trinajstić information content (AvgIpc) is 2.56. The lowest BCUT2D eigenvalue weighted by Gasteiger charge is -2.11. The highest BCUT2D eigenvalue weighted by Crippen LogP contribution is 2.36. The Balaban J connectivity index is 2.70. The van der Waals surface area contributed by atoms with Gasteiger partial charge in [0.25, 0.3) is 0 Å². The molecule has 0 saturated carbocycles. The molecule has 0 spiro atoms. The van der Waals surface area contributed by atoms with Gasteiger partial charge in [0, 0.05) is 5.56 Å². The van der Waals surface area contributed by atoms with Crippen LogP contribution in [0.3, 0.4) is 0 Å². The summed E-state index contributed by atoms with van der Waals surface area (Å²) in [6.45, 7) is 6.07. The predicted octanol–water partition coefficient (Wildman–Crippen LogP) is 3.77. The van der Waals surface area contributed by atoms with Gasteiger partial charge in [0.15, 0.2) is 0 Å². The van der Waals surface area contributed by atoms with E-state index in [-0.39, 0.29) is 0 Å². The number of aromatic nitrogens is 2. The van der Waals surface area contributed by atoms with Crippen LogP contribution >= 0.6 is 15.9 Å². The normalized spacial score (nSPS) is 10.6. The number of rotatable bonds is 2. The number of halogens is 1. The maximum atomic E-state index is 5.45. The van der Waals surface area contributed by atoms with Crippen LogP contribution in [0.1, 0.15) is 17.0 Å². The van der Waals surface area contributed by atoms with Gasteiger partial charge in [0.1, 0.15) is 21.9 Å². The summed E-state index contributed by atoms with van der Waals surface area (Å²) in [4.78, 5) is 7.65. The number of methoxy groups -OCH3 is 1. The third-order valence-electron chi connectivity index (χ3n) is 2.68. The number of hydrogen-bond donors (Lipinski definition) is 1. The van der Waals surface area contributed by atoms with Crippen molar-refractivity contribution in [2.24, 2.45) is 0 Å². The number of nitrogens with one attached hydrogen (secondary N) is 1. The smallest absolute Gasteiger partial charge is 0.128 e. The second-order valence-electron chi connectivity index (χ2n) is 4.14. The van der Waals surface area contributed by atoms with Crippen LogP contribution in [0.25, 0.3) is 11.3 Å². The van der Waals surface area contributed by atoms with Gasteiger partial charge in [-0.15, -0.1) is 0 Å². The van der Waals surface area contributed by atoms with E-state index in [1.54, 1.807) is 7.11 Å². The Morgan fingerprint density at radius 2 is 1.94 bits per heavy atom. The second-order valence-corrected chi connectivity index (χ2v) is 4.94. The van der Waals surface area contributed by atoms with Crippen molar-refractivity contribution in [3.8, 4) is 17.0 Å². The molecule has 2 rings (SSSR count). The Kier molecular flexibility index (Phi) is 3.24. The standard InChI is InChI=1S/C13H15BrN2O/c1-7-5-8(2)11(10(6-7)17-4)12-13(14)16-9(3)15-12/h5-6H,1-4H3,(H,15,16). The van der Waals surface area contributed by atoms with Crippen molar-refractivity contribution in [3.05, 3.63) is 33.7 Å². The molecule has 1 N–H and O–H groups in total. The number of imidazole rings is 1. The Labute approximate surface area is 109 Å². The summed E-state index contributed by atoms with van der Waals surface area (Å²) in [5.74, 6) is 1.74. The number of hydrogen-bond acceptors (Lipinski definition) is 2. The summed E-state index contributed by atoms with van der Waals surface area (Å²) in [6, 6.07) is 4.16. The minimum absolute atomic E-state index is 0.856. The van der Waals surface area contributed by atoms with Gasteiger partial charge in [-0.25, -0.2) is 4.98 Å². The molecule has 0 aliphatic carbocycles. The van der Waals surface area contributed by atoms with Gasteiger partial charge in [-0.2, -0.15) is 0 Å². The van der Waals surface area contributed by atoms with Crippen LogP contribution in [-0.4, -0.2) is 17.1 Å². The van der Waals surface area contributed by atoms with Crippen molar-refractivity contribution in [2.45, 2.75) is 20.8 Å². The summed E-state index contributed by atoms with van der Waals surface area (Å²) < 4.78 is 6.34.